The molecule has 1 aliphatic heterocycles. The highest BCUT2D eigenvalue weighted by atomic mass is 16.3. The minimum absolute atomic E-state index is 0.153. The summed E-state index contributed by atoms with van der Waals surface area (Å²) in [6, 6.07) is 0.732. The first kappa shape index (κ1) is 20.8. The standard InChI is InChI=1S/C20H35N7O/c1-4-11-21-20(22-14-19-25-24-15(2)26(19)3)23-16-9-12-27(13-10-16)17-7-5-6-8-18(17)28/h4,16-18,28H,1,5-14H2,2-3H3,(H2,21,22,23). The van der Waals surface area contributed by atoms with Crippen molar-refractivity contribution in [2.24, 2.45) is 12.0 Å². The fraction of sp³-hybridized carbons (Fsp3) is 0.750. The fourth-order valence-corrected chi connectivity index (χ4v) is 4.15. The maximum atomic E-state index is 10.3. The zero-order valence-electron chi connectivity index (χ0n) is 17.3. The molecule has 0 radical (unpaired) electrons. The van der Waals surface area contributed by atoms with Gasteiger partial charge in [0.1, 0.15) is 12.4 Å². The summed E-state index contributed by atoms with van der Waals surface area (Å²) in [4.78, 5) is 7.17. The molecular weight excluding hydrogens is 354 g/mol. The Hall–Kier alpha value is -1.93. The average Bonchev–Trinajstić information content (AvgIpc) is 3.03. The van der Waals surface area contributed by atoms with Crippen molar-refractivity contribution in [1.82, 2.24) is 30.3 Å². The van der Waals surface area contributed by atoms with Gasteiger partial charge in [-0.3, -0.25) is 4.90 Å². The van der Waals surface area contributed by atoms with Gasteiger partial charge in [0.15, 0.2) is 11.8 Å². The van der Waals surface area contributed by atoms with Gasteiger partial charge >= 0.3 is 0 Å². The maximum absolute atomic E-state index is 10.3. The van der Waals surface area contributed by atoms with Crippen LogP contribution in [-0.4, -0.2) is 68.6 Å². The molecular formula is C20H35N7O. The lowest BCUT2D eigenvalue weighted by Crippen LogP contribution is -2.53. The normalized spacial score (nSPS) is 24.9. The highest BCUT2D eigenvalue weighted by Gasteiger charge is 2.31. The summed E-state index contributed by atoms with van der Waals surface area (Å²) < 4.78 is 1.96. The Morgan fingerprint density at radius 2 is 2.00 bits per heavy atom. The number of aromatic nitrogens is 3. The lowest BCUT2D eigenvalue weighted by molar-refractivity contribution is 0.00810. The van der Waals surface area contributed by atoms with E-state index in [2.05, 4.69) is 32.3 Å². The minimum Gasteiger partial charge on any atom is -0.391 e. The van der Waals surface area contributed by atoms with Crippen LogP contribution in [0.5, 0.6) is 0 Å². The SMILES string of the molecule is C=CCNC(=NCc1nnc(C)n1C)NC1CCN(C2CCCCC2O)CC1. The van der Waals surface area contributed by atoms with Crippen molar-refractivity contribution < 1.29 is 5.11 Å². The van der Waals surface area contributed by atoms with Gasteiger partial charge in [-0.05, 0) is 32.6 Å². The summed E-state index contributed by atoms with van der Waals surface area (Å²) in [6.07, 6.45) is 8.27. The van der Waals surface area contributed by atoms with E-state index < -0.39 is 0 Å². The Kier molecular flexibility index (Phi) is 7.44. The van der Waals surface area contributed by atoms with Crippen LogP contribution in [0.25, 0.3) is 0 Å². The molecule has 3 N–H and O–H groups in total. The van der Waals surface area contributed by atoms with Crippen molar-refractivity contribution in [3.05, 3.63) is 24.3 Å². The van der Waals surface area contributed by atoms with Crippen molar-refractivity contribution in [2.45, 2.75) is 70.2 Å². The van der Waals surface area contributed by atoms with Crippen LogP contribution < -0.4 is 10.6 Å². The molecule has 3 rings (SSSR count). The maximum Gasteiger partial charge on any atom is 0.192 e. The highest BCUT2D eigenvalue weighted by molar-refractivity contribution is 5.80. The molecule has 156 valence electrons. The number of aliphatic hydroxyl groups is 1. The number of rotatable bonds is 6. The van der Waals surface area contributed by atoms with Crippen LogP contribution in [0.15, 0.2) is 17.6 Å². The molecule has 1 aromatic rings. The van der Waals surface area contributed by atoms with Gasteiger partial charge in [0.2, 0.25) is 0 Å². The third-order valence-corrected chi connectivity index (χ3v) is 6.01. The molecule has 0 amide bonds. The number of likely N-dealkylation sites (tertiary alicyclic amines) is 1. The Labute approximate surface area is 168 Å². The second kappa shape index (κ2) is 10.0. The van der Waals surface area contributed by atoms with E-state index in [-0.39, 0.29) is 6.10 Å². The van der Waals surface area contributed by atoms with Gasteiger partial charge in [0.25, 0.3) is 0 Å². The first-order valence-corrected chi connectivity index (χ1v) is 10.5. The van der Waals surface area contributed by atoms with Gasteiger partial charge < -0.3 is 20.3 Å². The van der Waals surface area contributed by atoms with Crippen molar-refractivity contribution in [3.8, 4) is 0 Å². The average molecular weight is 390 g/mol. The van der Waals surface area contributed by atoms with E-state index in [0.29, 0.717) is 25.2 Å². The van der Waals surface area contributed by atoms with E-state index >= 15 is 0 Å². The molecule has 1 aromatic heterocycles. The Morgan fingerprint density at radius 1 is 1.25 bits per heavy atom. The molecule has 2 unspecified atom stereocenters. The van der Waals surface area contributed by atoms with Gasteiger partial charge in [-0.1, -0.05) is 18.9 Å². The van der Waals surface area contributed by atoms with E-state index in [1.807, 2.05) is 24.6 Å². The summed E-state index contributed by atoms with van der Waals surface area (Å²) in [5.74, 6) is 2.52. The Balaban J connectivity index is 1.54. The van der Waals surface area contributed by atoms with Gasteiger partial charge in [-0.2, -0.15) is 0 Å². The zero-order valence-corrected chi connectivity index (χ0v) is 17.3. The molecule has 2 atom stereocenters. The van der Waals surface area contributed by atoms with Crippen molar-refractivity contribution in [1.29, 1.82) is 0 Å². The Bertz CT molecular complexity index is 664. The summed E-state index contributed by atoms with van der Waals surface area (Å²) in [5, 5.41) is 25.5. The van der Waals surface area contributed by atoms with Crippen molar-refractivity contribution >= 4 is 5.96 Å². The zero-order chi connectivity index (χ0) is 19.9. The van der Waals surface area contributed by atoms with Crippen molar-refractivity contribution in [3.63, 3.8) is 0 Å². The number of hydrogen-bond acceptors (Lipinski definition) is 5. The van der Waals surface area contributed by atoms with E-state index in [9.17, 15) is 5.11 Å². The first-order chi connectivity index (χ1) is 13.6. The number of guanidine groups is 1. The fourth-order valence-electron chi connectivity index (χ4n) is 4.15. The van der Waals surface area contributed by atoms with E-state index in [1.165, 1.54) is 6.42 Å². The first-order valence-electron chi connectivity index (χ1n) is 10.5. The van der Waals surface area contributed by atoms with Crippen molar-refractivity contribution in [2.75, 3.05) is 19.6 Å². The third kappa shape index (κ3) is 5.32. The lowest BCUT2D eigenvalue weighted by atomic mass is 9.89. The summed E-state index contributed by atoms with van der Waals surface area (Å²) in [6.45, 7) is 8.91. The quantitative estimate of drug-likeness (QED) is 0.384. The molecule has 1 aliphatic carbocycles. The molecule has 8 heteroatoms. The molecule has 8 nitrogen and oxygen atoms in total. The molecule has 2 aliphatic rings. The van der Waals surface area contributed by atoms with Crippen LogP contribution in [0.1, 0.15) is 50.2 Å². The Morgan fingerprint density at radius 3 is 2.64 bits per heavy atom. The number of piperidine rings is 1. The van der Waals surface area contributed by atoms with Gasteiger partial charge in [0, 0.05) is 38.8 Å². The van der Waals surface area contributed by atoms with Gasteiger partial charge in [0.05, 0.1) is 6.10 Å². The largest absolute Gasteiger partial charge is 0.391 e. The van der Waals surface area contributed by atoms with Gasteiger partial charge in [-0.25, -0.2) is 4.99 Å². The molecule has 0 bridgehead atoms. The predicted molar refractivity (Wildman–Crippen MR) is 111 cm³/mol. The van der Waals surface area contributed by atoms with E-state index in [0.717, 1.165) is 62.8 Å². The predicted octanol–water partition coefficient (Wildman–Crippen LogP) is 1.11. The summed E-state index contributed by atoms with van der Waals surface area (Å²) in [7, 11) is 1.96. The van der Waals surface area contributed by atoms with Crippen LogP contribution in [0.4, 0.5) is 0 Å². The number of aryl methyl sites for hydroxylation is 1. The molecule has 2 fully saturated rings. The smallest absolute Gasteiger partial charge is 0.192 e. The van der Waals surface area contributed by atoms with E-state index in [1.54, 1.807) is 0 Å². The van der Waals surface area contributed by atoms with Crippen LogP contribution >= 0.6 is 0 Å². The molecule has 0 spiro atoms. The number of aliphatic hydroxyl groups excluding tert-OH is 1. The number of nitrogens with one attached hydrogen (secondary N) is 2. The summed E-state index contributed by atoms with van der Waals surface area (Å²) >= 11 is 0. The third-order valence-electron chi connectivity index (χ3n) is 6.01. The second-order valence-electron chi connectivity index (χ2n) is 7.93. The topological polar surface area (TPSA) is 90.6 Å². The number of nitrogens with zero attached hydrogens (tertiary/aromatic N) is 5. The van der Waals surface area contributed by atoms with Crippen LogP contribution in [0.2, 0.25) is 0 Å². The van der Waals surface area contributed by atoms with Crippen LogP contribution in [0, 0.1) is 6.92 Å². The molecule has 28 heavy (non-hydrogen) atoms. The minimum atomic E-state index is -0.153. The second-order valence-corrected chi connectivity index (χ2v) is 7.93. The van der Waals surface area contributed by atoms with Crippen LogP contribution in [-0.2, 0) is 13.6 Å². The molecule has 1 saturated heterocycles. The lowest BCUT2D eigenvalue weighted by Gasteiger charge is -2.41. The van der Waals surface area contributed by atoms with Crippen LogP contribution in [0.3, 0.4) is 0 Å². The number of hydrogen-bond donors (Lipinski definition) is 3. The van der Waals surface area contributed by atoms with Gasteiger partial charge in [-0.15, -0.1) is 16.8 Å². The number of aliphatic imine (C=N–C) groups is 1. The molecule has 1 saturated carbocycles. The molecule has 0 aromatic carbocycles. The molecule has 2 heterocycles. The monoisotopic (exact) mass is 389 g/mol. The highest BCUT2D eigenvalue weighted by Crippen LogP contribution is 2.25. The summed E-state index contributed by atoms with van der Waals surface area (Å²) in [5.41, 5.74) is 0. The van der Waals surface area contributed by atoms with E-state index in [4.69, 9.17) is 4.99 Å².